The van der Waals surface area contributed by atoms with Crippen molar-refractivity contribution in [2.75, 3.05) is 50.1 Å². The van der Waals surface area contributed by atoms with Crippen LogP contribution in [0.25, 0.3) is 0 Å². The Bertz CT molecular complexity index is 957. The molecule has 3 aromatic rings. The lowest BCUT2D eigenvalue weighted by Gasteiger charge is -2.40. The fourth-order valence-corrected chi connectivity index (χ4v) is 4.30. The Hall–Kier alpha value is -2.93. The number of anilines is 2. The number of hydrogen-bond donors (Lipinski definition) is 0. The normalized spacial score (nSPS) is 15.8. The van der Waals surface area contributed by atoms with Crippen molar-refractivity contribution in [2.45, 2.75) is 32.9 Å². The van der Waals surface area contributed by atoms with Crippen molar-refractivity contribution in [1.82, 2.24) is 25.1 Å². The van der Waals surface area contributed by atoms with Gasteiger partial charge in [-0.2, -0.15) is 0 Å². The van der Waals surface area contributed by atoms with Crippen LogP contribution in [0.5, 0.6) is 0 Å². The fraction of sp³-hybridized carbons (Fsp3) is 0.480. The summed E-state index contributed by atoms with van der Waals surface area (Å²) in [6.45, 7) is 9.23. The van der Waals surface area contributed by atoms with Crippen molar-refractivity contribution in [3.63, 3.8) is 0 Å². The Morgan fingerprint density at radius 3 is 2.22 bits per heavy atom. The van der Waals surface area contributed by atoms with Gasteiger partial charge in [-0.15, -0.1) is 5.10 Å². The van der Waals surface area contributed by atoms with Gasteiger partial charge in [0.15, 0.2) is 5.82 Å². The zero-order chi connectivity index (χ0) is 22.5. The maximum Gasteiger partial charge on any atom is 0.173 e. The topological polar surface area (TPSA) is 53.3 Å². The highest BCUT2D eigenvalue weighted by Gasteiger charge is 2.30. The average molecular weight is 434 g/mol. The van der Waals surface area contributed by atoms with Gasteiger partial charge < -0.3 is 9.80 Å². The molecule has 1 fully saturated rings. The first kappa shape index (κ1) is 22.3. The maximum absolute atomic E-state index is 4.52. The van der Waals surface area contributed by atoms with Crippen LogP contribution in [0.1, 0.15) is 37.7 Å². The minimum Gasteiger partial charge on any atom is -0.378 e. The predicted octanol–water partition coefficient (Wildman–Crippen LogP) is 3.70. The fourth-order valence-electron chi connectivity index (χ4n) is 4.30. The number of aryl methyl sites for hydroxylation is 1. The summed E-state index contributed by atoms with van der Waals surface area (Å²) in [7, 11) is 4.14. The second kappa shape index (κ2) is 10.1. The van der Waals surface area contributed by atoms with E-state index in [1.165, 1.54) is 16.9 Å². The van der Waals surface area contributed by atoms with Crippen LogP contribution in [0.2, 0.25) is 0 Å². The van der Waals surface area contributed by atoms with Crippen LogP contribution in [-0.4, -0.2) is 65.4 Å². The Labute approximate surface area is 191 Å². The van der Waals surface area contributed by atoms with Gasteiger partial charge in [0.1, 0.15) is 0 Å². The third kappa shape index (κ3) is 5.10. The maximum atomic E-state index is 4.52. The lowest BCUT2D eigenvalue weighted by Crippen LogP contribution is -2.48. The molecule has 170 valence electrons. The van der Waals surface area contributed by atoms with E-state index < -0.39 is 0 Å². The largest absolute Gasteiger partial charge is 0.378 e. The van der Waals surface area contributed by atoms with E-state index in [0.29, 0.717) is 5.92 Å². The Balaban J connectivity index is 1.59. The number of rotatable bonds is 8. The Morgan fingerprint density at radius 2 is 1.59 bits per heavy atom. The molecular weight excluding hydrogens is 398 g/mol. The van der Waals surface area contributed by atoms with Crippen molar-refractivity contribution in [2.24, 2.45) is 5.92 Å². The van der Waals surface area contributed by atoms with E-state index in [1.807, 2.05) is 4.68 Å². The van der Waals surface area contributed by atoms with Gasteiger partial charge in [0.25, 0.3) is 0 Å². The molecule has 1 atom stereocenters. The molecule has 1 unspecified atom stereocenters. The average Bonchev–Trinajstić information content (AvgIpc) is 3.27. The molecule has 4 rings (SSSR count). The summed E-state index contributed by atoms with van der Waals surface area (Å²) >= 11 is 0. The summed E-state index contributed by atoms with van der Waals surface area (Å²) in [5.41, 5.74) is 3.73. The van der Waals surface area contributed by atoms with Gasteiger partial charge in [-0.05, 0) is 52.6 Å². The van der Waals surface area contributed by atoms with Crippen LogP contribution in [0.15, 0.2) is 54.6 Å². The van der Waals surface area contributed by atoms with E-state index in [-0.39, 0.29) is 6.04 Å². The Morgan fingerprint density at radius 1 is 0.906 bits per heavy atom. The van der Waals surface area contributed by atoms with Crippen molar-refractivity contribution in [1.29, 1.82) is 0 Å². The lowest BCUT2D eigenvalue weighted by molar-refractivity contribution is 0.200. The van der Waals surface area contributed by atoms with Crippen molar-refractivity contribution in [3.8, 4) is 0 Å². The molecule has 0 radical (unpaired) electrons. The number of tetrazole rings is 1. The number of nitrogens with zero attached hydrogens (tertiary/aromatic N) is 7. The quantitative estimate of drug-likeness (QED) is 0.540. The van der Waals surface area contributed by atoms with Crippen LogP contribution < -0.4 is 9.80 Å². The summed E-state index contributed by atoms with van der Waals surface area (Å²) < 4.78 is 2.01. The molecule has 0 spiro atoms. The van der Waals surface area contributed by atoms with Gasteiger partial charge in [0.05, 0.1) is 6.04 Å². The molecule has 0 saturated carbocycles. The van der Waals surface area contributed by atoms with E-state index in [4.69, 9.17) is 0 Å². The molecule has 0 N–H and O–H groups in total. The zero-order valence-electron chi connectivity index (χ0n) is 19.7. The number of aromatic nitrogens is 4. The van der Waals surface area contributed by atoms with Crippen LogP contribution in [-0.2, 0) is 6.54 Å². The summed E-state index contributed by atoms with van der Waals surface area (Å²) in [5.74, 6) is 1.55. The standard InChI is InChI=1S/C25H35N7/c1-20(2)14-15-32-25(26-27-28-32)24(21-10-12-22(13-11-21)29(3)4)31-18-16-30(17-19-31)23-8-6-5-7-9-23/h5-13,20,24H,14-19H2,1-4H3. The SMILES string of the molecule is CC(C)CCn1nnnc1C(c1ccc(N(C)C)cc1)N1CCN(c2ccccc2)CC1. The van der Waals surface area contributed by atoms with Gasteiger partial charge in [-0.25, -0.2) is 4.68 Å². The smallest absolute Gasteiger partial charge is 0.173 e. The molecule has 0 amide bonds. The molecule has 7 nitrogen and oxygen atoms in total. The van der Waals surface area contributed by atoms with Gasteiger partial charge in [0.2, 0.25) is 0 Å². The second-order valence-corrected chi connectivity index (χ2v) is 9.19. The van der Waals surface area contributed by atoms with Gasteiger partial charge in [-0.3, -0.25) is 4.90 Å². The summed E-state index contributed by atoms with van der Waals surface area (Å²) in [6.07, 6.45) is 1.06. The summed E-state index contributed by atoms with van der Waals surface area (Å²) in [6, 6.07) is 19.6. The summed E-state index contributed by atoms with van der Waals surface area (Å²) in [5, 5.41) is 12.9. The second-order valence-electron chi connectivity index (χ2n) is 9.19. The van der Waals surface area contributed by atoms with E-state index in [9.17, 15) is 0 Å². The van der Waals surface area contributed by atoms with Crippen LogP contribution in [0, 0.1) is 5.92 Å². The van der Waals surface area contributed by atoms with Gasteiger partial charge >= 0.3 is 0 Å². The lowest BCUT2D eigenvalue weighted by atomic mass is 10.0. The minimum absolute atomic E-state index is 0.0475. The van der Waals surface area contributed by atoms with E-state index >= 15 is 0 Å². The third-order valence-corrected chi connectivity index (χ3v) is 6.25. The molecule has 1 aliphatic rings. The van der Waals surface area contributed by atoms with E-state index in [0.717, 1.165) is 45.0 Å². The highest BCUT2D eigenvalue weighted by atomic mass is 15.6. The molecule has 1 aromatic heterocycles. The minimum atomic E-state index is 0.0475. The number of para-hydroxylation sites is 1. The molecule has 2 aromatic carbocycles. The van der Waals surface area contributed by atoms with Crippen molar-refractivity contribution in [3.05, 3.63) is 66.0 Å². The predicted molar refractivity (Wildman–Crippen MR) is 130 cm³/mol. The van der Waals surface area contributed by atoms with Crippen LogP contribution in [0.4, 0.5) is 11.4 Å². The van der Waals surface area contributed by atoms with Crippen molar-refractivity contribution >= 4 is 11.4 Å². The van der Waals surface area contributed by atoms with Crippen molar-refractivity contribution < 1.29 is 0 Å². The van der Waals surface area contributed by atoms with Gasteiger partial charge in [-0.1, -0.05) is 44.2 Å². The molecule has 32 heavy (non-hydrogen) atoms. The highest BCUT2D eigenvalue weighted by molar-refractivity contribution is 5.48. The number of piperazine rings is 1. The first-order chi connectivity index (χ1) is 15.5. The molecular formula is C25H35N7. The third-order valence-electron chi connectivity index (χ3n) is 6.25. The molecule has 2 heterocycles. The molecule has 0 bridgehead atoms. The summed E-state index contributed by atoms with van der Waals surface area (Å²) in [4.78, 5) is 7.12. The molecule has 7 heteroatoms. The zero-order valence-corrected chi connectivity index (χ0v) is 19.7. The number of benzene rings is 2. The number of hydrogen-bond acceptors (Lipinski definition) is 6. The molecule has 1 aliphatic heterocycles. The van der Waals surface area contributed by atoms with Crippen LogP contribution >= 0.6 is 0 Å². The first-order valence-electron chi connectivity index (χ1n) is 11.6. The van der Waals surface area contributed by atoms with E-state index in [1.54, 1.807) is 0 Å². The Kier molecular flexibility index (Phi) is 7.05. The van der Waals surface area contributed by atoms with Gasteiger partial charge in [0, 0.05) is 58.2 Å². The van der Waals surface area contributed by atoms with Crippen LogP contribution in [0.3, 0.4) is 0 Å². The van der Waals surface area contributed by atoms with E-state index in [2.05, 4.69) is 113 Å². The highest BCUT2D eigenvalue weighted by Crippen LogP contribution is 2.30. The molecule has 0 aliphatic carbocycles. The molecule has 1 saturated heterocycles. The first-order valence-corrected chi connectivity index (χ1v) is 11.6. The monoisotopic (exact) mass is 433 g/mol.